The maximum atomic E-state index is 12.4. The summed E-state index contributed by atoms with van der Waals surface area (Å²) in [6, 6.07) is 0. The summed E-state index contributed by atoms with van der Waals surface area (Å²) in [5, 5.41) is 11.0. The van der Waals surface area contributed by atoms with Crippen molar-refractivity contribution in [3.8, 4) is 0 Å². The highest BCUT2D eigenvalue weighted by Gasteiger charge is 2.08. The van der Waals surface area contributed by atoms with Crippen LogP contribution in [-0.2, 0) is 19.1 Å². The molecule has 0 aromatic carbocycles. The number of aliphatic carboxylic acids is 1. The van der Waals surface area contributed by atoms with Crippen LogP contribution in [-0.4, -0.2) is 35.6 Å². The first kappa shape index (κ1) is 37.1. The summed E-state index contributed by atoms with van der Waals surface area (Å²) >= 11 is 0. The monoisotopic (exact) mass is 557 g/mol. The molecule has 0 rings (SSSR count). The lowest BCUT2D eigenvalue weighted by Crippen LogP contribution is -2.28. The molecule has 1 atom stereocenters. The minimum Gasteiger partial charge on any atom is -0.480 e. The average Bonchev–Trinajstić information content (AvgIpc) is 2.93. The number of esters is 1. The highest BCUT2D eigenvalue weighted by Crippen LogP contribution is 2.11. The summed E-state index contributed by atoms with van der Waals surface area (Å²) < 4.78 is 5.72. The number of hydrogen-bond donors (Lipinski definition) is 2. The number of carbonyl (C=O) groups is 3. The van der Waals surface area contributed by atoms with E-state index in [9.17, 15) is 14.4 Å². The summed E-state index contributed by atoms with van der Waals surface area (Å²) in [5.41, 5.74) is 0. The van der Waals surface area contributed by atoms with Crippen molar-refractivity contribution >= 4 is 17.8 Å². The van der Waals surface area contributed by atoms with Gasteiger partial charge in [0.05, 0.1) is 0 Å². The first-order chi connectivity index (χ1) is 19.5. The Labute approximate surface area is 243 Å². The van der Waals surface area contributed by atoms with E-state index in [1.807, 2.05) is 24.3 Å². The van der Waals surface area contributed by atoms with Gasteiger partial charge in [0.2, 0.25) is 5.91 Å². The van der Waals surface area contributed by atoms with Crippen LogP contribution >= 0.6 is 0 Å². The number of rotatable bonds is 26. The molecule has 0 fully saturated rings. The van der Waals surface area contributed by atoms with Crippen LogP contribution in [0.1, 0.15) is 123 Å². The van der Waals surface area contributed by atoms with Crippen LogP contribution in [0.15, 0.2) is 60.8 Å². The molecule has 0 aromatic heterocycles. The highest BCUT2D eigenvalue weighted by atomic mass is 16.5. The second-order valence-corrected chi connectivity index (χ2v) is 9.97. The molecule has 0 radical (unpaired) electrons. The Morgan fingerprint density at radius 1 is 0.675 bits per heavy atom. The molecule has 6 nitrogen and oxygen atoms in total. The second-order valence-electron chi connectivity index (χ2n) is 9.97. The zero-order chi connectivity index (χ0) is 29.5. The van der Waals surface area contributed by atoms with Gasteiger partial charge in [0.25, 0.3) is 0 Å². The lowest BCUT2D eigenvalue weighted by Gasteiger charge is -2.11. The smallest absolute Gasteiger partial charge is 0.322 e. The van der Waals surface area contributed by atoms with Crippen LogP contribution in [0, 0.1) is 0 Å². The van der Waals surface area contributed by atoms with Gasteiger partial charge in [-0.15, -0.1) is 0 Å². The van der Waals surface area contributed by atoms with E-state index in [0.29, 0.717) is 12.8 Å². The van der Waals surface area contributed by atoms with Crippen molar-refractivity contribution in [2.45, 2.75) is 129 Å². The van der Waals surface area contributed by atoms with Gasteiger partial charge >= 0.3 is 11.9 Å². The number of carboxylic acids is 1. The van der Waals surface area contributed by atoms with Crippen LogP contribution in [0.25, 0.3) is 0 Å². The first-order valence-electron chi connectivity index (χ1n) is 15.5. The van der Waals surface area contributed by atoms with Crippen molar-refractivity contribution in [3.63, 3.8) is 0 Å². The topological polar surface area (TPSA) is 92.7 Å². The van der Waals surface area contributed by atoms with Gasteiger partial charge in [-0.25, -0.2) is 0 Å². The van der Waals surface area contributed by atoms with E-state index in [1.165, 1.54) is 19.3 Å². The number of nitrogens with one attached hydrogen (secondary N) is 1. The summed E-state index contributed by atoms with van der Waals surface area (Å²) in [6.45, 7) is 3.96. The van der Waals surface area contributed by atoms with Crippen molar-refractivity contribution in [1.82, 2.24) is 5.32 Å². The Bertz CT molecular complexity index is 794. The first-order valence-corrected chi connectivity index (χ1v) is 15.5. The molecule has 0 saturated heterocycles. The van der Waals surface area contributed by atoms with Crippen LogP contribution in [0.3, 0.4) is 0 Å². The van der Waals surface area contributed by atoms with Gasteiger partial charge < -0.3 is 15.2 Å². The van der Waals surface area contributed by atoms with Crippen molar-refractivity contribution in [1.29, 1.82) is 0 Å². The summed E-state index contributed by atoms with van der Waals surface area (Å²) in [6.07, 6.45) is 36.7. The van der Waals surface area contributed by atoms with Gasteiger partial charge in [0, 0.05) is 12.8 Å². The zero-order valence-electron chi connectivity index (χ0n) is 25.2. The van der Waals surface area contributed by atoms with Crippen molar-refractivity contribution < 1.29 is 24.2 Å². The molecule has 2 N–H and O–H groups in total. The summed E-state index contributed by atoms with van der Waals surface area (Å²) in [7, 11) is 0. The van der Waals surface area contributed by atoms with E-state index in [4.69, 9.17) is 9.84 Å². The molecular weight excluding hydrogens is 502 g/mol. The van der Waals surface area contributed by atoms with Gasteiger partial charge in [0.1, 0.15) is 12.6 Å². The highest BCUT2D eigenvalue weighted by molar-refractivity contribution is 5.80. The molecule has 1 amide bonds. The lowest BCUT2D eigenvalue weighted by atomic mass is 10.1. The largest absolute Gasteiger partial charge is 0.480 e. The number of hydrogen-bond acceptors (Lipinski definition) is 4. The molecule has 226 valence electrons. The fourth-order valence-corrected chi connectivity index (χ4v) is 3.86. The van der Waals surface area contributed by atoms with Gasteiger partial charge in [-0.1, -0.05) is 94.6 Å². The minimum atomic E-state index is -1.04. The zero-order valence-corrected chi connectivity index (χ0v) is 25.2. The maximum absolute atomic E-state index is 12.4. The number of unbranched alkanes of at least 4 members (excludes halogenated alkanes) is 9. The lowest BCUT2D eigenvalue weighted by molar-refractivity contribution is -0.145. The minimum absolute atomic E-state index is 0.158. The Morgan fingerprint density at radius 3 is 1.98 bits per heavy atom. The Balaban J connectivity index is 4.21. The molecule has 0 aromatic rings. The fourth-order valence-electron chi connectivity index (χ4n) is 3.86. The average molecular weight is 558 g/mol. The second kappa shape index (κ2) is 29.1. The Hall–Kier alpha value is -2.89. The van der Waals surface area contributed by atoms with Crippen molar-refractivity contribution in [3.05, 3.63) is 60.8 Å². The molecule has 0 bridgehead atoms. The fraction of sp³-hybridized carbons (Fsp3) is 0.618. The Morgan fingerprint density at radius 2 is 1.25 bits per heavy atom. The predicted molar refractivity (Wildman–Crippen MR) is 166 cm³/mol. The Kier molecular flexibility index (Phi) is 27.0. The molecule has 0 heterocycles. The molecule has 0 aliphatic rings. The standard InChI is InChI=1S/C34H55NO5/c1-3-5-7-9-10-11-12-13-14-15-16-21-25-29-34(39)40-31(26-22-18-8-6-4-2)27-23-19-17-20-24-28-32(36)35-30-33(37)38/h6-9,11-12,22-23,26-27,31H,3-5,10,13-21,24-25,28-30H2,1-2H3,(H,35,36)(H,37,38)/b8-6-,9-7-,12-11-,26-22-,27-23-. The maximum Gasteiger partial charge on any atom is 0.322 e. The predicted octanol–water partition coefficient (Wildman–Crippen LogP) is 8.55. The third-order valence-corrected chi connectivity index (χ3v) is 6.12. The number of allylic oxidation sites excluding steroid dienone is 8. The van der Waals surface area contributed by atoms with E-state index in [2.05, 4.69) is 55.6 Å². The number of ether oxygens (including phenoxy) is 1. The van der Waals surface area contributed by atoms with Crippen LogP contribution < -0.4 is 5.32 Å². The molecule has 0 aliphatic heterocycles. The SMILES string of the molecule is CC/C=C\C/C=C\C(/C=C\CCCCCC(=O)NCC(=O)O)OC(=O)CCCCCCC/C=C\C/C=C\CCC. The third kappa shape index (κ3) is 28.1. The number of carboxylic acid groups (broad SMARTS) is 1. The van der Waals surface area contributed by atoms with Gasteiger partial charge in [-0.3, -0.25) is 14.4 Å². The van der Waals surface area contributed by atoms with Gasteiger partial charge in [-0.2, -0.15) is 0 Å². The van der Waals surface area contributed by atoms with Crippen LogP contribution in [0.2, 0.25) is 0 Å². The normalized spacial score (nSPS) is 12.8. The molecule has 0 aliphatic carbocycles. The summed E-state index contributed by atoms with van der Waals surface area (Å²) in [5.74, 6) is -1.43. The van der Waals surface area contributed by atoms with Crippen molar-refractivity contribution in [2.75, 3.05) is 6.54 Å². The third-order valence-electron chi connectivity index (χ3n) is 6.12. The van der Waals surface area contributed by atoms with E-state index in [1.54, 1.807) is 0 Å². The molecule has 0 spiro atoms. The summed E-state index contributed by atoms with van der Waals surface area (Å²) in [4.78, 5) is 34.5. The van der Waals surface area contributed by atoms with Crippen molar-refractivity contribution in [2.24, 2.45) is 0 Å². The van der Waals surface area contributed by atoms with E-state index in [-0.39, 0.29) is 24.5 Å². The molecule has 0 saturated carbocycles. The quantitative estimate of drug-likeness (QED) is 0.0631. The number of amides is 1. The molecular formula is C34H55NO5. The molecule has 1 unspecified atom stereocenters. The van der Waals surface area contributed by atoms with Crippen LogP contribution in [0.5, 0.6) is 0 Å². The van der Waals surface area contributed by atoms with Gasteiger partial charge in [0.15, 0.2) is 0 Å². The van der Waals surface area contributed by atoms with Gasteiger partial charge in [-0.05, 0) is 76.4 Å². The van der Waals surface area contributed by atoms with E-state index < -0.39 is 5.97 Å². The molecule has 40 heavy (non-hydrogen) atoms. The number of carbonyl (C=O) groups excluding carboxylic acids is 2. The van der Waals surface area contributed by atoms with E-state index in [0.717, 1.165) is 77.0 Å². The van der Waals surface area contributed by atoms with E-state index >= 15 is 0 Å². The van der Waals surface area contributed by atoms with Crippen LogP contribution in [0.4, 0.5) is 0 Å². The molecule has 6 heteroatoms.